The zero-order chi connectivity index (χ0) is 26.9. The number of methoxy groups -OCH3 is 1. The van der Waals surface area contributed by atoms with Crippen molar-refractivity contribution in [1.82, 2.24) is 14.5 Å². The Morgan fingerprint density at radius 3 is 2.43 bits per heavy atom. The molecule has 1 fully saturated rings. The van der Waals surface area contributed by atoms with Crippen molar-refractivity contribution in [3.8, 4) is 11.8 Å². The molecule has 3 aromatic rings. The van der Waals surface area contributed by atoms with E-state index in [1.54, 1.807) is 31.3 Å². The van der Waals surface area contributed by atoms with Gasteiger partial charge in [-0.1, -0.05) is 26.0 Å². The Hall–Kier alpha value is -3.58. The van der Waals surface area contributed by atoms with Crippen molar-refractivity contribution in [2.24, 2.45) is 7.05 Å². The Kier molecular flexibility index (Phi) is 7.46. The summed E-state index contributed by atoms with van der Waals surface area (Å²) in [6.45, 7) is 5.88. The van der Waals surface area contributed by atoms with Crippen LogP contribution in [-0.4, -0.2) is 47.2 Å². The summed E-state index contributed by atoms with van der Waals surface area (Å²) in [5.74, 6) is 0.177. The Labute approximate surface area is 213 Å². The zero-order valence-corrected chi connectivity index (χ0v) is 21.3. The normalized spacial score (nSPS) is 17.6. The molecular formula is C27H30F3N5O2. The van der Waals surface area contributed by atoms with E-state index < -0.39 is 11.7 Å². The molecule has 196 valence electrons. The molecule has 3 heterocycles. The van der Waals surface area contributed by atoms with Crippen LogP contribution < -0.4 is 15.2 Å². The van der Waals surface area contributed by atoms with Gasteiger partial charge in [-0.3, -0.25) is 9.69 Å². The number of aryl methyl sites for hydroxylation is 1. The number of rotatable bonds is 6. The van der Waals surface area contributed by atoms with Crippen molar-refractivity contribution in [2.45, 2.75) is 44.9 Å². The van der Waals surface area contributed by atoms with Gasteiger partial charge in [0.2, 0.25) is 5.75 Å². The van der Waals surface area contributed by atoms with Crippen LogP contribution in [0.2, 0.25) is 0 Å². The van der Waals surface area contributed by atoms with Crippen molar-refractivity contribution in [2.75, 3.05) is 31.6 Å². The maximum atomic E-state index is 13.1. The summed E-state index contributed by atoms with van der Waals surface area (Å²) in [4.78, 5) is 22.1. The molecule has 37 heavy (non-hydrogen) atoms. The molecule has 0 N–H and O–H groups in total. The first-order chi connectivity index (χ1) is 17.6. The summed E-state index contributed by atoms with van der Waals surface area (Å²) in [6.07, 6.45) is -2.82. The van der Waals surface area contributed by atoms with Crippen LogP contribution in [0.5, 0.6) is 5.75 Å². The highest BCUT2D eigenvalue weighted by molar-refractivity contribution is 5.92. The number of fused-ring (bicyclic) bond motifs is 1. The van der Waals surface area contributed by atoms with E-state index in [9.17, 15) is 23.2 Å². The summed E-state index contributed by atoms with van der Waals surface area (Å²) in [5, 5.41) is 9.43. The number of benzene rings is 1. The smallest absolute Gasteiger partial charge is 0.416 e. The van der Waals surface area contributed by atoms with Crippen molar-refractivity contribution in [3.63, 3.8) is 0 Å². The number of ether oxygens (including phenoxy) is 1. The second-order valence-corrected chi connectivity index (χ2v) is 9.21. The van der Waals surface area contributed by atoms with Crippen LogP contribution in [-0.2, 0) is 13.2 Å². The third-order valence-corrected chi connectivity index (χ3v) is 7.22. The van der Waals surface area contributed by atoms with Crippen molar-refractivity contribution >= 4 is 16.7 Å². The van der Waals surface area contributed by atoms with Crippen molar-refractivity contribution in [3.05, 3.63) is 63.6 Å². The molecule has 0 amide bonds. The molecule has 4 rings (SSSR count). The van der Waals surface area contributed by atoms with E-state index in [1.165, 1.54) is 11.7 Å². The standard InChI is InChI=1S/C27H30F3N5O2/c1-5-20-16-34(13-14-35(20)21(6-2)17-7-9-18(10-8-17)27(28,29)30)24-23-22(12-11-19(15-31)32-23)33(3)26(36)25(24)37-4/h7-12,20-21H,5-6,13-14,16H2,1-4H3/t20-,21?/m1/s1. The van der Waals surface area contributed by atoms with Crippen LogP contribution in [0, 0.1) is 11.3 Å². The largest absolute Gasteiger partial charge is 0.490 e. The van der Waals surface area contributed by atoms with E-state index in [2.05, 4.69) is 27.8 Å². The fourth-order valence-corrected chi connectivity index (χ4v) is 5.31. The first-order valence-electron chi connectivity index (χ1n) is 12.3. The monoisotopic (exact) mass is 513 g/mol. The highest BCUT2D eigenvalue weighted by atomic mass is 19.4. The summed E-state index contributed by atoms with van der Waals surface area (Å²) >= 11 is 0. The van der Waals surface area contributed by atoms with Crippen LogP contribution in [0.25, 0.3) is 11.0 Å². The second kappa shape index (κ2) is 10.4. The van der Waals surface area contributed by atoms with E-state index in [-0.39, 0.29) is 29.1 Å². The number of alkyl halides is 3. The Bertz CT molecular complexity index is 1380. The summed E-state index contributed by atoms with van der Waals surface area (Å²) in [5.41, 5.74) is 1.84. The number of hydrogen-bond acceptors (Lipinski definition) is 6. The molecule has 1 aromatic carbocycles. The van der Waals surface area contributed by atoms with Gasteiger partial charge in [-0.05, 0) is 42.7 Å². The molecular weight excluding hydrogens is 483 g/mol. The molecule has 0 radical (unpaired) electrons. The molecule has 1 aliphatic rings. The lowest BCUT2D eigenvalue weighted by Gasteiger charge is -2.46. The predicted molar refractivity (Wildman–Crippen MR) is 136 cm³/mol. The number of anilines is 1. The first-order valence-corrected chi connectivity index (χ1v) is 12.3. The molecule has 1 aliphatic heterocycles. The minimum absolute atomic E-state index is 0.0417. The predicted octanol–water partition coefficient (Wildman–Crippen LogP) is 4.88. The summed E-state index contributed by atoms with van der Waals surface area (Å²) in [7, 11) is 3.10. The molecule has 0 aliphatic carbocycles. The topological polar surface area (TPSA) is 74.4 Å². The molecule has 1 unspecified atom stereocenters. The molecule has 7 nitrogen and oxygen atoms in total. The quantitative estimate of drug-likeness (QED) is 0.468. The van der Waals surface area contributed by atoms with Gasteiger partial charge in [0.15, 0.2) is 0 Å². The summed E-state index contributed by atoms with van der Waals surface area (Å²) in [6, 6.07) is 10.8. The van der Waals surface area contributed by atoms with Crippen molar-refractivity contribution < 1.29 is 17.9 Å². The van der Waals surface area contributed by atoms with E-state index in [0.29, 0.717) is 36.4 Å². The van der Waals surface area contributed by atoms with Crippen LogP contribution in [0.3, 0.4) is 0 Å². The number of halogens is 3. The van der Waals surface area contributed by atoms with E-state index in [0.717, 1.165) is 30.5 Å². The number of nitriles is 1. The lowest BCUT2D eigenvalue weighted by molar-refractivity contribution is -0.137. The Morgan fingerprint density at radius 1 is 1.16 bits per heavy atom. The molecule has 0 saturated carbocycles. The van der Waals surface area contributed by atoms with Gasteiger partial charge in [0.1, 0.15) is 23.0 Å². The van der Waals surface area contributed by atoms with Gasteiger partial charge in [-0.15, -0.1) is 0 Å². The maximum absolute atomic E-state index is 13.1. The van der Waals surface area contributed by atoms with Crippen LogP contribution in [0.1, 0.15) is 49.6 Å². The third-order valence-electron chi connectivity index (χ3n) is 7.22. The fraction of sp³-hybridized carbons (Fsp3) is 0.444. The van der Waals surface area contributed by atoms with Gasteiger partial charge < -0.3 is 14.2 Å². The molecule has 2 atom stereocenters. The minimum Gasteiger partial charge on any atom is -0.490 e. The highest BCUT2D eigenvalue weighted by Gasteiger charge is 2.35. The SMILES string of the molecule is CCC(c1ccc(C(F)(F)F)cc1)N1CCN(c2c(OC)c(=O)n(C)c3ccc(C#N)nc23)C[C@H]1CC. The van der Waals surface area contributed by atoms with Gasteiger partial charge in [0.05, 0.1) is 18.2 Å². The lowest BCUT2D eigenvalue weighted by Crippen LogP contribution is -2.54. The van der Waals surface area contributed by atoms with Gasteiger partial charge >= 0.3 is 6.18 Å². The molecule has 10 heteroatoms. The van der Waals surface area contributed by atoms with Gasteiger partial charge in [-0.2, -0.15) is 18.4 Å². The Morgan fingerprint density at radius 2 is 1.86 bits per heavy atom. The van der Waals surface area contributed by atoms with Gasteiger partial charge in [0, 0.05) is 38.8 Å². The van der Waals surface area contributed by atoms with Crippen molar-refractivity contribution in [1.29, 1.82) is 5.26 Å². The number of piperazine rings is 1. The number of pyridine rings is 2. The average Bonchev–Trinajstić information content (AvgIpc) is 2.90. The van der Waals surface area contributed by atoms with Crippen LogP contribution in [0.15, 0.2) is 41.2 Å². The number of aromatic nitrogens is 2. The molecule has 1 saturated heterocycles. The average molecular weight is 514 g/mol. The number of nitrogens with zero attached hydrogens (tertiary/aromatic N) is 5. The van der Waals surface area contributed by atoms with E-state index >= 15 is 0 Å². The van der Waals surface area contributed by atoms with E-state index in [1.807, 2.05) is 6.92 Å². The van der Waals surface area contributed by atoms with Gasteiger partial charge in [-0.25, -0.2) is 4.98 Å². The summed E-state index contributed by atoms with van der Waals surface area (Å²) < 4.78 is 46.3. The van der Waals surface area contributed by atoms with Gasteiger partial charge in [0.25, 0.3) is 5.56 Å². The zero-order valence-electron chi connectivity index (χ0n) is 21.3. The minimum atomic E-state index is -4.37. The lowest BCUT2D eigenvalue weighted by atomic mass is 9.96. The Balaban J connectivity index is 1.71. The highest BCUT2D eigenvalue weighted by Crippen LogP contribution is 2.37. The number of hydrogen-bond donors (Lipinski definition) is 0. The molecule has 2 aromatic heterocycles. The second-order valence-electron chi connectivity index (χ2n) is 9.21. The van der Waals surface area contributed by atoms with Crippen LogP contribution in [0.4, 0.5) is 18.9 Å². The molecule has 0 spiro atoms. The first kappa shape index (κ1) is 26.5. The maximum Gasteiger partial charge on any atom is 0.416 e. The van der Waals surface area contributed by atoms with Crippen LogP contribution >= 0.6 is 0 Å². The van der Waals surface area contributed by atoms with E-state index in [4.69, 9.17) is 4.74 Å². The fourth-order valence-electron chi connectivity index (χ4n) is 5.31. The molecule has 0 bridgehead atoms. The third kappa shape index (κ3) is 4.88.